The van der Waals surface area contributed by atoms with E-state index in [2.05, 4.69) is 33.5 Å². The second-order valence-electron chi connectivity index (χ2n) is 6.09. The molecule has 1 aromatic rings. The minimum absolute atomic E-state index is 0.132. The topological polar surface area (TPSA) is 84.5 Å². The zero-order chi connectivity index (χ0) is 18.9. The van der Waals surface area contributed by atoms with Gasteiger partial charge in [0.2, 0.25) is 0 Å². The van der Waals surface area contributed by atoms with Gasteiger partial charge in [0.25, 0.3) is 11.8 Å². The molecule has 1 heterocycles. The molecule has 0 radical (unpaired) electrons. The van der Waals surface area contributed by atoms with Crippen LogP contribution >= 0.6 is 15.9 Å². The summed E-state index contributed by atoms with van der Waals surface area (Å²) >= 11 is 3.38. The van der Waals surface area contributed by atoms with Crippen LogP contribution in [0.15, 0.2) is 28.2 Å². The number of amides is 4. The fourth-order valence-electron chi connectivity index (χ4n) is 2.59. The van der Waals surface area contributed by atoms with E-state index in [1.54, 1.807) is 12.1 Å². The van der Waals surface area contributed by atoms with Crippen LogP contribution in [0, 0.1) is 0 Å². The Balaban J connectivity index is 2.03. The molecule has 1 fully saturated rings. The number of nitrogens with one attached hydrogen (secondary N) is 2. The lowest BCUT2D eigenvalue weighted by atomic mass is 10.1. The summed E-state index contributed by atoms with van der Waals surface area (Å²) < 4.78 is 6.63. The Bertz CT molecular complexity index is 693. The zero-order valence-corrected chi connectivity index (χ0v) is 16.4. The summed E-state index contributed by atoms with van der Waals surface area (Å²) in [5.41, 5.74) is 0.465. The number of imide groups is 2. The Hall–Kier alpha value is -2.15. The van der Waals surface area contributed by atoms with Gasteiger partial charge in [-0.1, -0.05) is 55.0 Å². The van der Waals surface area contributed by atoms with Gasteiger partial charge in [0.1, 0.15) is 11.3 Å². The molecule has 0 aromatic heterocycles. The van der Waals surface area contributed by atoms with Crippen molar-refractivity contribution in [3.63, 3.8) is 0 Å². The molecule has 0 bridgehead atoms. The molecule has 0 spiro atoms. The van der Waals surface area contributed by atoms with Gasteiger partial charge in [0.05, 0.1) is 6.61 Å². The van der Waals surface area contributed by atoms with Gasteiger partial charge in [-0.2, -0.15) is 0 Å². The fraction of sp³-hybridized carbons (Fsp3) is 0.421. The van der Waals surface area contributed by atoms with E-state index in [0.29, 0.717) is 17.9 Å². The van der Waals surface area contributed by atoms with Crippen molar-refractivity contribution in [1.82, 2.24) is 10.6 Å². The van der Waals surface area contributed by atoms with Gasteiger partial charge in [-0.05, 0) is 30.7 Å². The Morgan fingerprint density at radius 1 is 1.00 bits per heavy atom. The number of carbonyl (C=O) groups is 3. The fourth-order valence-corrected chi connectivity index (χ4v) is 2.97. The smallest absolute Gasteiger partial charge is 0.328 e. The molecular formula is C19H23BrN2O4. The van der Waals surface area contributed by atoms with Crippen molar-refractivity contribution in [1.29, 1.82) is 0 Å². The molecule has 0 atom stereocenters. The highest BCUT2D eigenvalue weighted by Gasteiger charge is 2.28. The molecule has 4 amide bonds. The summed E-state index contributed by atoms with van der Waals surface area (Å²) in [6.45, 7) is 2.76. The van der Waals surface area contributed by atoms with Gasteiger partial charge >= 0.3 is 6.03 Å². The van der Waals surface area contributed by atoms with E-state index < -0.39 is 17.8 Å². The van der Waals surface area contributed by atoms with E-state index in [1.165, 1.54) is 31.8 Å². The SMILES string of the molecule is CCCCCCCCOc1ccc(Br)cc1C=C1C(=O)NC(=O)NC1=O. The minimum atomic E-state index is -0.814. The van der Waals surface area contributed by atoms with E-state index in [1.807, 2.05) is 6.07 Å². The van der Waals surface area contributed by atoms with E-state index in [0.717, 1.165) is 17.3 Å². The van der Waals surface area contributed by atoms with Crippen molar-refractivity contribution in [2.75, 3.05) is 6.61 Å². The maximum absolute atomic E-state index is 11.9. The first-order valence-corrected chi connectivity index (χ1v) is 9.61. The number of urea groups is 1. The predicted molar refractivity (Wildman–Crippen MR) is 103 cm³/mol. The third-order valence-corrected chi connectivity index (χ3v) is 4.46. The van der Waals surface area contributed by atoms with Gasteiger partial charge in [-0.3, -0.25) is 20.2 Å². The molecule has 1 aromatic carbocycles. The Labute approximate surface area is 161 Å². The molecule has 0 aliphatic carbocycles. The van der Waals surface area contributed by atoms with Crippen molar-refractivity contribution >= 4 is 39.9 Å². The normalized spacial score (nSPS) is 14.1. The molecule has 6 nitrogen and oxygen atoms in total. The number of ether oxygens (including phenoxy) is 1. The highest BCUT2D eigenvalue weighted by Crippen LogP contribution is 2.26. The lowest BCUT2D eigenvalue weighted by Crippen LogP contribution is -2.51. The molecule has 1 aliphatic rings. The third-order valence-electron chi connectivity index (χ3n) is 3.97. The maximum Gasteiger partial charge on any atom is 0.328 e. The van der Waals surface area contributed by atoms with Crippen molar-refractivity contribution in [2.24, 2.45) is 0 Å². The van der Waals surface area contributed by atoms with Crippen LogP contribution in [-0.2, 0) is 9.59 Å². The van der Waals surface area contributed by atoms with Crippen LogP contribution in [0.25, 0.3) is 6.08 Å². The van der Waals surface area contributed by atoms with E-state index in [4.69, 9.17) is 4.74 Å². The quantitative estimate of drug-likeness (QED) is 0.358. The largest absolute Gasteiger partial charge is 0.493 e. The first kappa shape index (κ1) is 20.2. The van der Waals surface area contributed by atoms with E-state index >= 15 is 0 Å². The van der Waals surface area contributed by atoms with Crippen LogP contribution in [-0.4, -0.2) is 24.5 Å². The maximum atomic E-state index is 11.9. The molecular weight excluding hydrogens is 400 g/mol. The predicted octanol–water partition coefficient (Wildman–Crippen LogP) is 3.94. The highest BCUT2D eigenvalue weighted by molar-refractivity contribution is 9.10. The summed E-state index contributed by atoms with van der Waals surface area (Å²) in [4.78, 5) is 34.9. The van der Waals surface area contributed by atoms with Crippen LogP contribution in [0.5, 0.6) is 5.75 Å². The van der Waals surface area contributed by atoms with Gasteiger partial charge in [-0.15, -0.1) is 0 Å². The average Bonchev–Trinajstić information content (AvgIpc) is 2.58. The Morgan fingerprint density at radius 3 is 2.35 bits per heavy atom. The lowest BCUT2D eigenvalue weighted by molar-refractivity contribution is -0.123. The van der Waals surface area contributed by atoms with Crippen molar-refractivity contribution in [3.05, 3.63) is 33.8 Å². The molecule has 26 heavy (non-hydrogen) atoms. The molecule has 2 rings (SSSR count). The van der Waals surface area contributed by atoms with Gasteiger partial charge in [-0.25, -0.2) is 4.79 Å². The summed E-state index contributed by atoms with van der Waals surface area (Å²) in [7, 11) is 0. The molecule has 0 unspecified atom stereocenters. The minimum Gasteiger partial charge on any atom is -0.493 e. The van der Waals surface area contributed by atoms with Crippen LogP contribution in [0.1, 0.15) is 51.0 Å². The number of rotatable bonds is 9. The monoisotopic (exact) mass is 422 g/mol. The number of carbonyl (C=O) groups excluding carboxylic acids is 3. The van der Waals surface area contributed by atoms with Crippen molar-refractivity contribution < 1.29 is 19.1 Å². The molecule has 1 saturated heterocycles. The second-order valence-corrected chi connectivity index (χ2v) is 7.01. The van der Waals surface area contributed by atoms with E-state index in [9.17, 15) is 14.4 Å². The number of hydrogen-bond donors (Lipinski definition) is 2. The van der Waals surface area contributed by atoms with Crippen LogP contribution < -0.4 is 15.4 Å². The standard InChI is InChI=1S/C19H23BrN2O4/c1-2-3-4-5-6-7-10-26-16-9-8-14(20)11-13(16)12-15-17(23)21-19(25)22-18(15)24/h8-9,11-12H,2-7,10H2,1H3,(H2,21,22,23,24,25). The van der Waals surface area contributed by atoms with Crippen LogP contribution in [0.2, 0.25) is 0 Å². The van der Waals surface area contributed by atoms with Crippen LogP contribution in [0.4, 0.5) is 4.79 Å². The highest BCUT2D eigenvalue weighted by atomic mass is 79.9. The number of barbiturate groups is 1. The summed E-state index contributed by atoms with van der Waals surface area (Å²) in [6, 6.07) is 4.58. The summed E-state index contributed by atoms with van der Waals surface area (Å²) in [5, 5.41) is 4.12. The van der Waals surface area contributed by atoms with Crippen molar-refractivity contribution in [2.45, 2.75) is 45.4 Å². The molecule has 1 aliphatic heterocycles. The first-order chi connectivity index (χ1) is 12.5. The third kappa shape index (κ3) is 5.98. The van der Waals surface area contributed by atoms with Gasteiger partial charge in [0, 0.05) is 10.0 Å². The molecule has 2 N–H and O–H groups in total. The second kappa shape index (κ2) is 10.1. The first-order valence-electron chi connectivity index (χ1n) is 8.82. The summed E-state index contributed by atoms with van der Waals surface area (Å²) in [6.07, 6.45) is 8.42. The van der Waals surface area contributed by atoms with Gasteiger partial charge in [0.15, 0.2) is 0 Å². The lowest BCUT2D eigenvalue weighted by Gasteiger charge is -2.15. The van der Waals surface area contributed by atoms with Crippen LogP contribution in [0.3, 0.4) is 0 Å². The van der Waals surface area contributed by atoms with E-state index in [-0.39, 0.29) is 5.57 Å². The molecule has 7 heteroatoms. The van der Waals surface area contributed by atoms with Gasteiger partial charge < -0.3 is 4.74 Å². The number of hydrogen-bond acceptors (Lipinski definition) is 4. The molecule has 0 saturated carbocycles. The number of halogens is 1. The Kier molecular flexibility index (Phi) is 7.84. The number of benzene rings is 1. The number of unbranched alkanes of at least 4 members (excludes halogenated alkanes) is 5. The zero-order valence-electron chi connectivity index (χ0n) is 14.8. The molecule has 140 valence electrons. The average molecular weight is 423 g/mol. The van der Waals surface area contributed by atoms with Crippen molar-refractivity contribution in [3.8, 4) is 5.75 Å². The summed E-state index contributed by atoms with van der Waals surface area (Å²) in [5.74, 6) is -0.854. The Morgan fingerprint density at radius 2 is 1.65 bits per heavy atom.